The number of hydrogen-bond acceptors (Lipinski definition) is 6. The number of aliphatic imine (C=N–C) groups is 1. The third-order valence-electron chi connectivity index (χ3n) is 4.93. The fraction of sp³-hybridized carbons (Fsp3) is 0.238. The van der Waals surface area contributed by atoms with Crippen molar-refractivity contribution in [1.82, 2.24) is 14.8 Å². The van der Waals surface area contributed by atoms with Gasteiger partial charge in [0.15, 0.2) is 11.7 Å². The second-order valence-electron chi connectivity index (χ2n) is 7.08. The van der Waals surface area contributed by atoms with Crippen molar-refractivity contribution in [3.05, 3.63) is 71.7 Å². The normalized spacial score (nSPS) is 17.9. The van der Waals surface area contributed by atoms with E-state index in [2.05, 4.69) is 15.3 Å². The largest absolute Gasteiger partial charge is 0.417 e. The number of hydrogen-bond donors (Lipinski definition) is 2. The highest BCUT2D eigenvalue weighted by Crippen LogP contribution is 2.33. The molecule has 8 nitrogen and oxygen atoms in total. The Bertz CT molecular complexity index is 1080. The maximum absolute atomic E-state index is 13.3. The van der Waals surface area contributed by atoms with E-state index in [-0.39, 0.29) is 23.1 Å². The minimum absolute atomic E-state index is 0.0629. The molecule has 0 bridgehead atoms. The van der Waals surface area contributed by atoms with Gasteiger partial charge in [0.25, 0.3) is 0 Å². The predicted molar refractivity (Wildman–Crippen MR) is 111 cm³/mol. The van der Waals surface area contributed by atoms with Gasteiger partial charge in [-0.2, -0.15) is 13.2 Å². The van der Waals surface area contributed by atoms with Crippen LogP contribution in [0.4, 0.5) is 19.0 Å². The SMILES string of the molecule is N=C(Nc1ccccn1)N1CCN(C=C2N=C(c3ccccc3C(F)(F)F)OC2=O)CC1. The van der Waals surface area contributed by atoms with Crippen LogP contribution in [0.3, 0.4) is 0 Å². The molecule has 0 saturated carbocycles. The molecule has 1 fully saturated rings. The molecule has 1 aromatic heterocycles. The Kier molecular flexibility index (Phi) is 5.80. The lowest BCUT2D eigenvalue weighted by molar-refractivity contribution is -0.138. The number of carbonyl (C=O) groups excluding carboxylic acids is 1. The summed E-state index contributed by atoms with van der Waals surface area (Å²) in [5, 5.41) is 11.1. The number of guanidine groups is 1. The van der Waals surface area contributed by atoms with Gasteiger partial charge in [0.2, 0.25) is 5.90 Å². The van der Waals surface area contributed by atoms with E-state index >= 15 is 0 Å². The number of nitrogens with zero attached hydrogens (tertiary/aromatic N) is 4. The van der Waals surface area contributed by atoms with Crippen molar-refractivity contribution in [2.75, 3.05) is 31.5 Å². The summed E-state index contributed by atoms with van der Waals surface area (Å²) in [6.45, 7) is 2.00. The van der Waals surface area contributed by atoms with Gasteiger partial charge in [0, 0.05) is 44.1 Å². The summed E-state index contributed by atoms with van der Waals surface area (Å²) in [4.78, 5) is 24.0. The van der Waals surface area contributed by atoms with Gasteiger partial charge in [-0.1, -0.05) is 18.2 Å². The van der Waals surface area contributed by atoms with E-state index in [4.69, 9.17) is 10.1 Å². The zero-order valence-corrected chi connectivity index (χ0v) is 16.8. The lowest BCUT2D eigenvalue weighted by Gasteiger charge is -2.35. The summed E-state index contributed by atoms with van der Waals surface area (Å²) in [5.41, 5.74) is -1.26. The predicted octanol–water partition coefficient (Wildman–Crippen LogP) is 2.91. The van der Waals surface area contributed by atoms with Crippen LogP contribution in [0.1, 0.15) is 11.1 Å². The maximum atomic E-state index is 13.3. The number of aromatic nitrogens is 1. The molecule has 2 aliphatic rings. The summed E-state index contributed by atoms with van der Waals surface area (Å²) in [6.07, 6.45) is -1.48. The molecule has 3 heterocycles. The van der Waals surface area contributed by atoms with Gasteiger partial charge in [-0.25, -0.2) is 14.8 Å². The van der Waals surface area contributed by atoms with Gasteiger partial charge in [-0.15, -0.1) is 0 Å². The van der Waals surface area contributed by atoms with Gasteiger partial charge < -0.3 is 19.9 Å². The Morgan fingerprint density at radius 3 is 2.50 bits per heavy atom. The van der Waals surface area contributed by atoms with Gasteiger partial charge in [0.05, 0.1) is 5.56 Å². The Labute approximate surface area is 181 Å². The summed E-state index contributed by atoms with van der Waals surface area (Å²) in [5.74, 6) is -0.393. The van der Waals surface area contributed by atoms with Gasteiger partial charge in [-0.3, -0.25) is 5.41 Å². The number of alkyl halides is 3. The van der Waals surface area contributed by atoms with Crippen molar-refractivity contribution < 1.29 is 22.7 Å². The minimum atomic E-state index is -4.60. The molecule has 0 amide bonds. The Balaban J connectivity index is 1.42. The average molecular weight is 444 g/mol. The van der Waals surface area contributed by atoms with E-state index in [9.17, 15) is 18.0 Å². The number of rotatable bonds is 3. The number of ether oxygens (including phenoxy) is 1. The van der Waals surface area contributed by atoms with Crippen LogP contribution in [-0.2, 0) is 15.7 Å². The van der Waals surface area contributed by atoms with Crippen LogP contribution >= 0.6 is 0 Å². The van der Waals surface area contributed by atoms with Crippen LogP contribution < -0.4 is 5.32 Å². The summed E-state index contributed by atoms with van der Waals surface area (Å²) >= 11 is 0. The first kappa shape index (κ1) is 21.3. The third-order valence-corrected chi connectivity index (χ3v) is 4.93. The number of pyridine rings is 1. The van der Waals surface area contributed by atoms with Crippen LogP contribution in [0.25, 0.3) is 0 Å². The second-order valence-corrected chi connectivity index (χ2v) is 7.08. The molecule has 32 heavy (non-hydrogen) atoms. The molecular weight excluding hydrogens is 425 g/mol. The number of nitrogens with one attached hydrogen (secondary N) is 2. The van der Waals surface area contributed by atoms with Crippen molar-refractivity contribution in [1.29, 1.82) is 5.41 Å². The highest BCUT2D eigenvalue weighted by Gasteiger charge is 2.37. The number of halogens is 3. The molecule has 0 unspecified atom stereocenters. The molecule has 1 saturated heterocycles. The van der Waals surface area contributed by atoms with E-state index < -0.39 is 17.7 Å². The van der Waals surface area contributed by atoms with Crippen LogP contribution in [0, 0.1) is 5.41 Å². The zero-order valence-electron chi connectivity index (χ0n) is 16.8. The van der Waals surface area contributed by atoms with E-state index in [1.807, 2.05) is 15.9 Å². The molecule has 166 valence electrons. The van der Waals surface area contributed by atoms with Gasteiger partial charge in [-0.05, 0) is 24.3 Å². The Hall–Kier alpha value is -3.89. The fourth-order valence-electron chi connectivity index (χ4n) is 3.32. The first-order valence-electron chi connectivity index (χ1n) is 9.76. The number of cyclic esters (lactones) is 1. The molecule has 4 rings (SSSR count). The third kappa shape index (κ3) is 4.71. The van der Waals surface area contributed by atoms with Crippen LogP contribution in [0.15, 0.2) is 65.6 Å². The van der Waals surface area contributed by atoms with Crippen molar-refractivity contribution in [2.24, 2.45) is 4.99 Å². The molecule has 0 aliphatic carbocycles. The van der Waals surface area contributed by atoms with Crippen molar-refractivity contribution in [3.8, 4) is 0 Å². The van der Waals surface area contributed by atoms with E-state index in [0.29, 0.717) is 32.0 Å². The van der Waals surface area contributed by atoms with Crippen molar-refractivity contribution in [3.63, 3.8) is 0 Å². The molecule has 11 heteroatoms. The standard InChI is InChI=1S/C21H19F3N6O2/c22-21(23,24)15-6-2-1-5-14(15)18-27-16(19(31)32-18)13-29-9-11-30(12-10-29)20(25)28-17-7-3-4-8-26-17/h1-8,13H,9-12H2,(H2,25,26,28). The average Bonchev–Trinajstić information content (AvgIpc) is 3.14. The Morgan fingerprint density at radius 2 is 1.81 bits per heavy atom. The quantitative estimate of drug-likeness (QED) is 0.327. The number of anilines is 1. The molecular formula is C21H19F3N6O2. The first-order chi connectivity index (χ1) is 15.3. The first-order valence-corrected chi connectivity index (χ1v) is 9.76. The molecule has 0 spiro atoms. The van der Waals surface area contributed by atoms with Gasteiger partial charge in [0.1, 0.15) is 5.82 Å². The molecule has 1 aromatic carbocycles. The molecule has 2 aromatic rings. The molecule has 0 radical (unpaired) electrons. The molecule has 0 atom stereocenters. The highest BCUT2D eigenvalue weighted by atomic mass is 19.4. The van der Waals surface area contributed by atoms with Crippen LogP contribution in [-0.4, -0.2) is 58.8 Å². The lowest BCUT2D eigenvalue weighted by Crippen LogP contribution is -2.48. The van der Waals surface area contributed by atoms with E-state index in [0.717, 1.165) is 6.07 Å². The number of benzene rings is 1. The summed E-state index contributed by atoms with van der Waals surface area (Å²) in [7, 11) is 0. The van der Waals surface area contributed by atoms with E-state index in [1.54, 1.807) is 18.3 Å². The summed E-state index contributed by atoms with van der Waals surface area (Å²) in [6, 6.07) is 10.2. The van der Waals surface area contributed by atoms with Crippen molar-refractivity contribution in [2.45, 2.75) is 6.18 Å². The molecule has 2 N–H and O–H groups in total. The van der Waals surface area contributed by atoms with Gasteiger partial charge >= 0.3 is 12.1 Å². The van der Waals surface area contributed by atoms with Crippen LogP contribution in [0.5, 0.6) is 0 Å². The number of piperazine rings is 1. The molecule has 2 aliphatic heterocycles. The van der Waals surface area contributed by atoms with Crippen molar-refractivity contribution >= 4 is 23.6 Å². The fourth-order valence-corrected chi connectivity index (χ4v) is 3.32. The number of carbonyl (C=O) groups is 1. The minimum Gasteiger partial charge on any atom is -0.402 e. The maximum Gasteiger partial charge on any atom is 0.417 e. The topological polar surface area (TPSA) is 93.9 Å². The second kappa shape index (κ2) is 8.69. The highest BCUT2D eigenvalue weighted by molar-refractivity contribution is 6.11. The zero-order chi connectivity index (χ0) is 22.7. The lowest BCUT2D eigenvalue weighted by atomic mass is 10.1. The monoisotopic (exact) mass is 444 g/mol. The summed E-state index contributed by atoms with van der Waals surface area (Å²) < 4.78 is 44.8. The van der Waals surface area contributed by atoms with Crippen LogP contribution in [0.2, 0.25) is 0 Å². The Morgan fingerprint density at radius 1 is 1.09 bits per heavy atom. The smallest absolute Gasteiger partial charge is 0.402 e. The van der Waals surface area contributed by atoms with E-state index in [1.165, 1.54) is 24.4 Å². The number of esters is 1.